The fourth-order valence-corrected chi connectivity index (χ4v) is 3.76. The van der Waals surface area contributed by atoms with E-state index in [0.29, 0.717) is 31.0 Å². The monoisotopic (exact) mass is 540 g/mol. The Morgan fingerprint density at radius 2 is 1.64 bits per heavy atom. The Labute approximate surface area is 226 Å². The number of hydrogen-bond donors (Lipinski definition) is 0. The third kappa shape index (κ3) is 7.93. The Bertz CT molecular complexity index is 1300. The van der Waals surface area contributed by atoms with Gasteiger partial charge < -0.3 is 14.4 Å². The first-order chi connectivity index (χ1) is 18.5. The van der Waals surface area contributed by atoms with E-state index in [9.17, 15) is 23.2 Å². The fraction of sp³-hybridized carbons (Fsp3) is 0.379. The van der Waals surface area contributed by atoms with Crippen LogP contribution in [0.4, 0.5) is 19.1 Å². The molecule has 3 aromatic rings. The van der Waals surface area contributed by atoms with Crippen molar-refractivity contribution in [3.8, 4) is 11.8 Å². The topological polar surface area (TPSA) is 88.3 Å². The van der Waals surface area contributed by atoms with E-state index in [-0.39, 0.29) is 17.9 Å². The molecule has 1 aromatic heterocycles. The Kier molecular flexibility index (Phi) is 9.51. The molecule has 1 heterocycles. The van der Waals surface area contributed by atoms with Gasteiger partial charge in [0, 0.05) is 25.5 Å². The number of halogens is 3. The van der Waals surface area contributed by atoms with Crippen molar-refractivity contribution in [2.45, 2.75) is 58.9 Å². The number of benzene rings is 2. The largest absolute Gasteiger partial charge is 0.475 e. The van der Waals surface area contributed by atoms with E-state index in [1.807, 2.05) is 11.8 Å². The van der Waals surface area contributed by atoms with Gasteiger partial charge in [0.25, 0.3) is 0 Å². The van der Waals surface area contributed by atoms with Crippen LogP contribution in [-0.4, -0.2) is 34.7 Å². The van der Waals surface area contributed by atoms with Crippen LogP contribution in [0.3, 0.4) is 0 Å². The summed E-state index contributed by atoms with van der Waals surface area (Å²) in [5.41, 5.74) is 0.753. The van der Waals surface area contributed by atoms with Crippen LogP contribution in [0.25, 0.3) is 0 Å². The van der Waals surface area contributed by atoms with Crippen molar-refractivity contribution in [2.75, 3.05) is 18.1 Å². The molecule has 0 saturated heterocycles. The highest BCUT2D eigenvalue weighted by Crippen LogP contribution is 2.30. The number of alkyl halides is 3. The maximum atomic E-state index is 13.0. The van der Waals surface area contributed by atoms with E-state index in [4.69, 9.17) is 9.47 Å². The minimum atomic E-state index is -4.41. The number of anilines is 1. The SMILES string of the molecule is CCOC(=O)C(C)(C)Oc1ccc(CCN(Cc2ccc(C(F)(F)F)cc2)c2ncc(CC)cn2)cc1C#N. The fourth-order valence-electron chi connectivity index (χ4n) is 3.76. The lowest BCUT2D eigenvalue weighted by Crippen LogP contribution is -2.39. The number of aryl methyl sites for hydroxylation is 1. The molecule has 0 saturated carbocycles. The lowest BCUT2D eigenvalue weighted by molar-refractivity contribution is -0.158. The van der Waals surface area contributed by atoms with Gasteiger partial charge in [0.05, 0.1) is 17.7 Å². The lowest BCUT2D eigenvalue weighted by Gasteiger charge is -2.25. The second-order valence-corrected chi connectivity index (χ2v) is 9.39. The van der Waals surface area contributed by atoms with E-state index in [2.05, 4.69) is 16.0 Å². The number of ether oxygens (including phenoxy) is 2. The molecule has 39 heavy (non-hydrogen) atoms. The van der Waals surface area contributed by atoms with Gasteiger partial charge in [-0.05, 0) is 74.6 Å². The van der Waals surface area contributed by atoms with Crippen LogP contribution in [0.15, 0.2) is 54.9 Å². The highest BCUT2D eigenvalue weighted by Gasteiger charge is 2.32. The molecule has 0 atom stereocenters. The van der Waals surface area contributed by atoms with Gasteiger partial charge in [0.15, 0.2) is 5.60 Å². The highest BCUT2D eigenvalue weighted by molar-refractivity contribution is 5.79. The number of rotatable bonds is 11. The molecule has 0 unspecified atom stereocenters. The molecule has 0 aliphatic rings. The zero-order valence-corrected chi connectivity index (χ0v) is 22.4. The van der Waals surface area contributed by atoms with Gasteiger partial charge in [-0.25, -0.2) is 14.8 Å². The molecule has 0 spiro atoms. The standard InChI is InChI=1S/C29H31F3N4O3/c1-5-20-17-34-27(35-18-20)36(19-22-7-10-24(11-8-22)29(30,31)32)14-13-21-9-12-25(23(15-21)16-33)39-28(3,4)26(37)38-6-2/h7-12,15,17-18H,5-6,13-14,19H2,1-4H3. The second-order valence-electron chi connectivity index (χ2n) is 9.39. The van der Waals surface area contributed by atoms with Gasteiger partial charge >= 0.3 is 12.1 Å². The zero-order chi connectivity index (χ0) is 28.6. The van der Waals surface area contributed by atoms with Crippen molar-refractivity contribution in [2.24, 2.45) is 0 Å². The van der Waals surface area contributed by atoms with Crippen LogP contribution in [0.1, 0.15) is 55.5 Å². The average molecular weight is 541 g/mol. The Morgan fingerprint density at radius 1 is 1.00 bits per heavy atom. The minimum Gasteiger partial charge on any atom is -0.475 e. The number of hydrogen-bond acceptors (Lipinski definition) is 7. The van der Waals surface area contributed by atoms with Crippen LogP contribution < -0.4 is 9.64 Å². The van der Waals surface area contributed by atoms with Crippen molar-refractivity contribution in [3.05, 3.63) is 82.7 Å². The summed E-state index contributed by atoms with van der Waals surface area (Å²) in [5.74, 6) is 0.175. The molecule has 0 aliphatic carbocycles. The molecule has 10 heteroatoms. The average Bonchev–Trinajstić information content (AvgIpc) is 2.91. The van der Waals surface area contributed by atoms with Gasteiger partial charge in [0.2, 0.25) is 5.95 Å². The van der Waals surface area contributed by atoms with Crippen LogP contribution in [0.2, 0.25) is 0 Å². The molecule has 0 bridgehead atoms. The minimum absolute atomic E-state index is 0.212. The molecule has 7 nitrogen and oxygen atoms in total. The summed E-state index contributed by atoms with van der Waals surface area (Å²) in [6.07, 6.45) is 0.324. The summed E-state index contributed by atoms with van der Waals surface area (Å²) in [6, 6.07) is 12.3. The van der Waals surface area contributed by atoms with Gasteiger partial charge in [0.1, 0.15) is 11.8 Å². The van der Waals surface area contributed by atoms with Gasteiger partial charge in [-0.1, -0.05) is 25.1 Å². The van der Waals surface area contributed by atoms with Crippen LogP contribution in [0, 0.1) is 11.3 Å². The lowest BCUT2D eigenvalue weighted by atomic mass is 10.1. The quantitative estimate of drug-likeness (QED) is 0.280. The molecule has 206 valence electrons. The second kappa shape index (κ2) is 12.6. The van der Waals surface area contributed by atoms with Gasteiger partial charge in [-0.15, -0.1) is 0 Å². The van der Waals surface area contributed by atoms with Crippen molar-refractivity contribution in [3.63, 3.8) is 0 Å². The maximum Gasteiger partial charge on any atom is 0.416 e. The smallest absolute Gasteiger partial charge is 0.416 e. The number of nitriles is 1. The number of aromatic nitrogens is 2. The maximum absolute atomic E-state index is 13.0. The van der Waals surface area contributed by atoms with E-state index in [1.54, 1.807) is 51.4 Å². The first-order valence-corrected chi connectivity index (χ1v) is 12.6. The summed E-state index contributed by atoms with van der Waals surface area (Å²) in [4.78, 5) is 23.0. The summed E-state index contributed by atoms with van der Waals surface area (Å²) in [5, 5.41) is 9.70. The predicted molar refractivity (Wildman–Crippen MR) is 140 cm³/mol. The molecule has 0 N–H and O–H groups in total. The summed E-state index contributed by atoms with van der Waals surface area (Å²) >= 11 is 0. The molecule has 0 radical (unpaired) electrons. The van der Waals surface area contributed by atoms with E-state index in [1.165, 1.54) is 12.1 Å². The number of carbonyl (C=O) groups excluding carboxylic acids is 1. The Hall–Kier alpha value is -4.13. The van der Waals surface area contributed by atoms with Gasteiger partial charge in [-0.3, -0.25) is 0 Å². The van der Waals surface area contributed by atoms with Crippen molar-refractivity contribution >= 4 is 11.9 Å². The number of carbonyl (C=O) groups is 1. The molecule has 0 aliphatic heterocycles. The third-order valence-electron chi connectivity index (χ3n) is 6.00. The van der Waals surface area contributed by atoms with Crippen molar-refractivity contribution in [1.82, 2.24) is 9.97 Å². The van der Waals surface area contributed by atoms with Gasteiger partial charge in [-0.2, -0.15) is 18.4 Å². The summed E-state index contributed by atoms with van der Waals surface area (Å²) in [6.45, 7) is 7.78. The molecule has 0 amide bonds. The molecule has 2 aromatic carbocycles. The zero-order valence-electron chi connectivity index (χ0n) is 22.4. The van der Waals surface area contributed by atoms with E-state index < -0.39 is 23.3 Å². The summed E-state index contributed by atoms with van der Waals surface area (Å²) < 4.78 is 49.9. The van der Waals surface area contributed by atoms with Crippen LogP contribution in [-0.2, 0) is 35.1 Å². The third-order valence-corrected chi connectivity index (χ3v) is 6.00. The summed E-state index contributed by atoms with van der Waals surface area (Å²) in [7, 11) is 0. The van der Waals surface area contributed by atoms with Crippen LogP contribution in [0.5, 0.6) is 5.75 Å². The first-order valence-electron chi connectivity index (χ1n) is 12.6. The normalized spacial score (nSPS) is 11.5. The predicted octanol–water partition coefficient (Wildman–Crippen LogP) is 5.90. The molecule has 3 rings (SSSR count). The first kappa shape index (κ1) is 29.4. The molecule has 0 fully saturated rings. The van der Waals surface area contributed by atoms with Crippen molar-refractivity contribution in [1.29, 1.82) is 5.26 Å². The highest BCUT2D eigenvalue weighted by atomic mass is 19.4. The number of nitrogens with zero attached hydrogens (tertiary/aromatic N) is 4. The van der Waals surface area contributed by atoms with E-state index >= 15 is 0 Å². The molecular formula is C29H31F3N4O3. The Morgan fingerprint density at radius 3 is 2.21 bits per heavy atom. The Balaban J connectivity index is 1.80. The molecular weight excluding hydrogens is 509 g/mol. The van der Waals surface area contributed by atoms with Crippen molar-refractivity contribution < 1.29 is 27.4 Å². The number of esters is 1. The van der Waals surface area contributed by atoms with E-state index in [0.717, 1.165) is 29.7 Å². The van der Waals surface area contributed by atoms with Crippen LogP contribution >= 0.6 is 0 Å².